The van der Waals surface area contributed by atoms with Crippen molar-refractivity contribution in [2.24, 2.45) is 10.2 Å². The number of benzene rings is 2. The number of carbonyl (C=O) groups excluding carboxylic acids is 1. The van der Waals surface area contributed by atoms with Gasteiger partial charge in [-0.3, -0.25) is 4.79 Å². The van der Waals surface area contributed by atoms with E-state index >= 15 is 0 Å². The molecule has 1 N–H and O–H groups in total. The van der Waals surface area contributed by atoms with Gasteiger partial charge in [0.05, 0.1) is 6.10 Å². The topological polar surface area (TPSA) is 135 Å². The van der Waals surface area contributed by atoms with E-state index < -0.39 is 6.10 Å². The SMILES string of the molecule is [N-]=[N+]=Nc1ccc(C=C2C(=O)CCC(O)C2=Cc2ccc(N=[N+]=[N-])cc2)cc1. The van der Waals surface area contributed by atoms with Crippen LogP contribution in [-0.2, 0) is 4.79 Å². The Labute approximate surface area is 160 Å². The van der Waals surface area contributed by atoms with Gasteiger partial charge >= 0.3 is 0 Å². The van der Waals surface area contributed by atoms with Crippen LogP contribution in [0.3, 0.4) is 0 Å². The van der Waals surface area contributed by atoms with E-state index in [1.165, 1.54) is 0 Å². The van der Waals surface area contributed by atoms with Gasteiger partial charge in [-0.05, 0) is 46.3 Å². The minimum atomic E-state index is -0.747. The maximum Gasteiger partial charge on any atom is 0.163 e. The predicted octanol–water partition coefficient (Wildman–Crippen LogP) is 5.76. The number of rotatable bonds is 4. The van der Waals surface area contributed by atoms with Crippen molar-refractivity contribution in [3.05, 3.63) is 91.7 Å². The van der Waals surface area contributed by atoms with E-state index in [-0.39, 0.29) is 12.2 Å². The Hall–Kier alpha value is -3.83. The summed E-state index contributed by atoms with van der Waals surface area (Å²) in [6.07, 6.45) is 3.39. The van der Waals surface area contributed by atoms with Crippen molar-refractivity contribution in [1.82, 2.24) is 0 Å². The lowest BCUT2D eigenvalue weighted by atomic mass is 9.84. The summed E-state index contributed by atoms with van der Waals surface area (Å²) in [5, 5.41) is 17.5. The number of carbonyl (C=O) groups is 1. The molecule has 2 aromatic carbocycles. The fraction of sp³-hybridized carbons (Fsp3) is 0.150. The third kappa shape index (κ3) is 4.47. The molecule has 0 amide bonds. The molecule has 1 atom stereocenters. The molecule has 0 saturated heterocycles. The van der Waals surface area contributed by atoms with Gasteiger partial charge in [0.2, 0.25) is 0 Å². The lowest BCUT2D eigenvalue weighted by Crippen LogP contribution is -2.24. The van der Waals surface area contributed by atoms with Crippen molar-refractivity contribution in [3.8, 4) is 0 Å². The minimum absolute atomic E-state index is 0.0404. The summed E-state index contributed by atoms with van der Waals surface area (Å²) in [7, 11) is 0. The molecule has 0 aliphatic heterocycles. The van der Waals surface area contributed by atoms with Gasteiger partial charge in [0, 0.05) is 33.2 Å². The van der Waals surface area contributed by atoms with Crippen molar-refractivity contribution in [1.29, 1.82) is 0 Å². The second kappa shape index (κ2) is 8.70. The molecule has 0 bridgehead atoms. The lowest BCUT2D eigenvalue weighted by Gasteiger charge is -2.23. The molecule has 0 spiro atoms. The maximum absolute atomic E-state index is 12.5. The van der Waals surface area contributed by atoms with E-state index in [4.69, 9.17) is 11.1 Å². The first-order chi connectivity index (χ1) is 13.6. The summed E-state index contributed by atoms with van der Waals surface area (Å²) in [6, 6.07) is 13.7. The molecule has 1 saturated carbocycles. The summed E-state index contributed by atoms with van der Waals surface area (Å²) in [5.74, 6) is -0.0404. The van der Waals surface area contributed by atoms with Gasteiger partial charge < -0.3 is 5.11 Å². The number of aliphatic hydroxyl groups excluding tert-OH is 1. The van der Waals surface area contributed by atoms with Crippen molar-refractivity contribution in [2.75, 3.05) is 0 Å². The number of Topliss-reactive ketones (excluding diaryl/α,β-unsaturated/α-hetero) is 1. The monoisotopic (exact) mass is 372 g/mol. The fourth-order valence-electron chi connectivity index (χ4n) is 2.96. The molecule has 1 aliphatic carbocycles. The molecule has 0 radical (unpaired) electrons. The second-order valence-corrected chi connectivity index (χ2v) is 6.20. The predicted molar refractivity (Wildman–Crippen MR) is 107 cm³/mol. The number of azide groups is 2. The molecule has 1 unspecified atom stereocenters. The molecule has 28 heavy (non-hydrogen) atoms. The van der Waals surface area contributed by atoms with E-state index in [0.29, 0.717) is 28.9 Å². The van der Waals surface area contributed by atoms with Crippen LogP contribution in [0.4, 0.5) is 11.4 Å². The number of aliphatic hydroxyl groups is 1. The number of ketones is 1. The zero-order chi connectivity index (χ0) is 19.9. The van der Waals surface area contributed by atoms with E-state index in [1.807, 2.05) is 0 Å². The molecule has 8 heteroatoms. The molecule has 8 nitrogen and oxygen atoms in total. The normalized spacial score (nSPS) is 19.2. The van der Waals surface area contributed by atoms with Gasteiger partial charge in [0.25, 0.3) is 0 Å². The summed E-state index contributed by atoms with van der Waals surface area (Å²) in [6.45, 7) is 0. The second-order valence-electron chi connectivity index (χ2n) is 6.20. The van der Waals surface area contributed by atoms with Crippen LogP contribution >= 0.6 is 0 Å². The van der Waals surface area contributed by atoms with Gasteiger partial charge in [0.1, 0.15) is 0 Å². The van der Waals surface area contributed by atoms with Crippen LogP contribution in [0.5, 0.6) is 0 Å². The first-order valence-electron chi connectivity index (χ1n) is 8.56. The highest BCUT2D eigenvalue weighted by Crippen LogP contribution is 2.31. The Morgan fingerprint density at radius 3 is 1.89 bits per heavy atom. The zero-order valence-corrected chi connectivity index (χ0v) is 14.8. The Balaban J connectivity index is 1.99. The first kappa shape index (κ1) is 18.9. The summed E-state index contributed by atoms with van der Waals surface area (Å²) < 4.78 is 0. The van der Waals surface area contributed by atoms with Crippen LogP contribution in [-0.4, -0.2) is 17.0 Å². The van der Waals surface area contributed by atoms with Crippen LogP contribution in [0.15, 0.2) is 69.9 Å². The third-order valence-corrected chi connectivity index (χ3v) is 4.35. The smallest absolute Gasteiger partial charge is 0.163 e. The Kier molecular flexibility index (Phi) is 5.89. The van der Waals surface area contributed by atoms with Gasteiger partial charge in [-0.25, -0.2) is 0 Å². The molecule has 3 rings (SSSR count). The Morgan fingerprint density at radius 1 is 0.893 bits per heavy atom. The van der Waals surface area contributed by atoms with Gasteiger partial charge in [0.15, 0.2) is 5.78 Å². The zero-order valence-electron chi connectivity index (χ0n) is 14.8. The van der Waals surface area contributed by atoms with Gasteiger partial charge in [-0.1, -0.05) is 58.8 Å². The van der Waals surface area contributed by atoms with Gasteiger partial charge in [-0.15, -0.1) is 0 Å². The first-order valence-corrected chi connectivity index (χ1v) is 8.56. The van der Waals surface area contributed by atoms with Crippen molar-refractivity contribution >= 4 is 29.3 Å². The van der Waals surface area contributed by atoms with E-state index in [1.54, 1.807) is 60.7 Å². The molecule has 0 heterocycles. The standard InChI is InChI=1S/C20H16N6O2/c21-25-23-15-5-1-13(2-6-15)11-17-18(20(28)10-9-19(17)27)12-14-3-7-16(8-4-14)24-26-22/h1-8,11-12,19,27H,9-10H2. The number of nitrogens with zero attached hydrogens (tertiary/aromatic N) is 6. The van der Waals surface area contributed by atoms with Crippen LogP contribution in [0.25, 0.3) is 33.0 Å². The summed E-state index contributed by atoms with van der Waals surface area (Å²) in [4.78, 5) is 18.0. The summed E-state index contributed by atoms with van der Waals surface area (Å²) in [5.41, 5.74) is 20.5. The van der Waals surface area contributed by atoms with Crippen LogP contribution in [0, 0.1) is 0 Å². The quantitative estimate of drug-likeness (QED) is 0.316. The van der Waals surface area contributed by atoms with Crippen LogP contribution in [0.2, 0.25) is 0 Å². The average molecular weight is 372 g/mol. The highest BCUT2D eigenvalue weighted by molar-refractivity contribution is 6.06. The lowest BCUT2D eigenvalue weighted by molar-refractivity contribution is -0.116. The average Bonchev–Trinajstić information content (AvgIpc) is 2.70. The third-order valence-electron chi connectivity index (χ3n) is 4.35. The highest BCUT2D eigenvalue weighted by Gasteiger charge is 2.27. The molecular weight excluding hydrogens is 356 g/mol. The summed E-state index contributed by atoms with van der Waals surface area (Å²) >= 11 is 0. The molecule has 1 aliphatic rings. The molecule has 2 aromatic rings. The molecule has 138 valence electrons. The van der Waals surface area contributed by atoms with E-state index in [2.05, 4.69) is 20.1 Å². The highest BCUT2D eigenvalue weighted by atomic mass is 16.3. The molecule has 1 fully saturated rings. The number of hydrogen-bond donors (Lipinski definition) is 1. The number of hydrogen-bond acceptors (Lipinski definition) is 4. The van der Waals surface area contributed by atoms with E-state index in [0.717, 1.165) is 11.1 Å². The van der Waals surface area contributed by atoms with E-state index in [9.17, 15) is 9.90 Å². The maximum atomic E-state index is 12.5. The van der Waals surface area contributed by atoms with Crippen molar-refractivity contribution in [2.45, 2.75) is 18.9 Å². The fourth-order valence-corrected chi connectivity index (χ4v) is 2.96. The molecule has 0 aromatic heterocycles. The Bertz CT molecular complexity index is 1040. The van der Waals surface area contributed by atoms with Crippen LogP contribution in [0.1, 0.15) is 24.0 Å². The minimum Gasteiger partial charge on any atom is -0.388 e. The van der Waals surface area contributed by atoms with Crippen LogP contribution < -0.4 is 0 Å². The largest absolute Gasteiger partial charge is 0.388 e. The van der Waals surface area contributed by atoms with Gasteiger partial charge in [-0.2, -0.15) is 0 Å². The molecular formula is C20H16N6O2. The van der Waals surface area contributed by atoms with Crippen molar-refractivity contribution < 1.29 is 9.90 Å². The Morgan fingerprint density at radius 2 is 1.39 bits per heavy atom. The van der Waals surface area contributed by atoms with Crippen molar-refractivity contribution in [3.63, 3.8) is 0 Å².